The molecule has 1 amide bonds. The molecule has 1 aliphatic rings. The van der Waals surface area contributed by atoms with Crippen molar-refractivity contribution in [2.24, 2.45) is 0 Å². The van der Waals surface area contributed by atoms with Gasteiger partial charge in [-0.25, -0.2) is 0 Å². The molecule has 1 saturated carbocycles. The first-order valence-electron chi connectivity index (χ1n) is 9.51. The second kappa shape index (κ2) is 7.31. The predicted molar refractivity (Wildman–Crippen MR) is 110 cm³/mol. The van der Waals surface area contributed by atoms with Crippen LogP contribution in [0.1, 0.15) is 52.0 Å². The number of aryl methyl sites for hydroxylation is 2. The van der Waals surface area contributed by atoms with E-state index in [9.17, 15) is 9.59 Å². The molecule has 5 heteroatoms. The lowest BCUT2D eigenvalue weighted by Gasteiger charge is -2.28. The predicted octanol–water partition coefficient (Wildman–Crippen LogP) is 4.79. The highest BCUT2D eigenvalue weighted by molar-refractivity contribution is 7.12. The average molecular weight is 381 g/mol. The van der Waals surface area contributed by atoms with Crippen LogP contribution in [0.3, 0.4) is 0 Å². The Labute approximate surface area is 162 Å². The summed E-state index contributed by atoms with van der Waals surface area (Å²) in [6, 6.07) is 10.0. The van der Waals surface area contributed by atoms with E-state index in [1.807, 2.05) is 48.4 Å². The number of aromatic nitrogens is 1. The summed E-state index contributed by atoms with van der Waals surface area (Å²) in [6.45, 7) is 4.43. The number of nitrogens with one attached hydrogen (secondary N) is 1. The Morgan fingerprint density at radius 1 is 1.22 bits per heavy atom. The SMILES string of the molecule is Cc1ccc2cc(CN(C(=O)c3cccs3)C3CCCC3)c(=O)[nH]c2c1C. The highest BCUT2D eigenvalue weighted by Crippen LogP contribution is 2.28. The molecule has 4 rings (SSSR count). The number of hydrogen-bond donors (Lipinski definition) is 1. The first-order valence-corrected chi connectivity index (χ1v) is 10.4. The van der Waals surface area contributed by atoms with Crippen LogP contribution < -0.4 is 5.56 Å². The van der Waals surface area contributed by atoms with Gasteiger partial charge in [0.1, 0.15) is 0 Å². The van der Waals surface area contributed by atoms with Crippen molar-refractivity contribution >= 4 is 28.1 Å². The Morgan fingerprint density at radius 2 is 2.00 bits per heavy atom. The lowest BCUT2D eigenvalue weighted by atomic mass is 10.0. The smallest absolute Gasteiger partial charge is 0.264 e. The minimum absolute atomic E-state index is 0.0384. The number of H-pyrrole nitrogens is 1. The average Bonchev–Trinajstić information content (AvgIpc) is 3.37. The number of rotatable bonds is 4. The van der Waals surface area contributed by atoms with Crippen molar-refractivity contribution in [2.45, 2.75) is 52.1 Å². The highest BCUT2D eigenvalue weighted by Gasteiger charge is 2.28. The maximum atomic E-state index is 13.1. The number of amides is 1. The summed E-state index contributed by atoms with van der Waals surface area (Å²) in [4.78, 5) is 31.6. The molecule has 1 aromatic carbocycles. The van der Waals surface area contributed by atoms with E-state index in [2.05, 4.69) is 11.1 Å². The summed E-state index contributed by atoms with van der Waals surface area (Å²) in [6.07, 6.45) is 4.32. The number of pyridine rings is 1. The standard InChI is InChI=1S/C22H24N2O2S/c1-14-9-10-16-12-17(21(25)23-20(16)15(14)2)13-24(18-6-3-4-7-18)22(26)19-8-5-11-27-19/h5,8-12,18H,3-4,6-7,13H2,1-2H3,(H,23,25). The largest absolute Gasteiger partial charge is 0.330 e. The molecule has 1 N–H and O–H groups in total. The maximum Gasteiger partial charge on any atom is 0.264 e. The van der Waals surface area contributed by atoms with E-state index in [4.69, 9.17) is 0 Å². The van der Waals surface area contributed by atoms with Crippen molar-refractivity contribution in [1.82, 2.24) is 9.88 Å². The van der Waals surface area contributed by atoms with Gasteiger partial charge in [0.15, 0.2) is 0 Å². The fourth-order valence-corrected chi connectivity index (χ4v) is 4.67. The summed E-state index contributed by atoms with van der Waals surface area (Å²) < 4.78 is 0. The molecule has 0 saturated heterocycles. The molecule has 0 unspecified atom stereocenters. The Kier molecular flexibility index (Phi) is 4.87. The second-order valence-corrected chi connectivity index (χ2v) is 8.39. The zero-order chi connectivity index (χ0) is 19.0. The van der Waals surface area contributed by atoms with Gasteiger partial charge in [-0.15, -0.1) is 11.3 Å². The van der Waals surface area contributed by atoms with E-state index >= 15 is 0 Å². The number of fused-ring (bicyclic) bond motifs is 1. The molecule has 27 heavy (non-hydrogen) atoms. The Bertz CT molecular complexity index is 1030. The minimum Gasteiger partial charge on any atom is -0.330 e. The molecule has 0 aliphatic heterocycles. The van der Waals surface area contributed by atoms with Gasteiger partial charge in [0.05, 0.1) is 16.9 Å². The summed E-state index contributed by atoms with van der Waals surface area (Å²) in [7, 11) is 0. The van der Waals surface area contributed by atoms with Crippen LogP contribution >= 0.6 is 11.3 Å². The highest BCUT2D eigenvalue weighted by atomic mass is 32.1. The number of benzene rings is 1. The van der Waals surface area contributed by atoms with Gasteiger partial charge in [0, 0.05) is 11.6 Å². The first kappa shape index (κ1) is 18.0. The molecule has 4 nitrogen and oxygen atoms in total. The van der Waals surface area contributed by atoms with E-state index < -0.39 is 0 Å². The van der Waals surface area contributed by atoms with Gasteiger partial charge in [-0.2, -0.15) is 0 Å². The van der Waals surface area contributed by atoms with Gasteiger partial charge in [-0.3, -0.25) is 9.59 Å². The van der Waals surface area contributed by atoms with Gasteiger partial charge < -0.3 is 9.88 Å². The van der Waals surface area contributed by atoms with Crippen molar-refractivity contribution in [3.63, 3.8) is 0 Å². The van der Waals surface area contributed by atoms with Gasteiger partial charge in [-0.1, -0.05) is 31.0 Å². The lowest BCUT2D eigenvalue weighted by Crippen LogP contribution is -2.39. The summed E-state index contributed by atoms with van der Waals surface area (Å²) in [5.74, 6) is 0.0384. The van der Waals surface area contributed by atoms with Crippen molar-refractivity contribution in [3.05, 3.63) is 67.6 Å². The number of nitrogens with zero attached hydrogens (tertiary/aromatic N) is 1. The first-order chi connectivity index (χ1) is 13.0. The van der Waals surface area contributed by atoms with Gasteiger partial charge in [0.2, 0.25) is 0 Å². The van der Waals surface area contributed by atoms with Crippen LogP contribution in [0.2, 0.25) is 0 Å². The molecular weight excluding hydrogens is 356 g/mol. The third-order valence-electron chi connectivity index (χ3n) is 5.73. The Hall–Kier alpha value is -2.40. The molecule has 1 aliphatic carbocycles. The van der Waals surface area contributed by atoms with Crippen LogP contribution in [0, 0.1) is 13.8 Å². The van der Waals surface area contributed by atoms with E-state index in [1.165, 1.54) is 11.3 Å². The molecule has 140 valence electrons. The number of carbonyl (C=O) groups is 1. The molecular formula is C22H24N2O2S. The van der Waals surface area contributed by atoms with Crippen molar-refractivity contribution in [1.29, 1.82) is 0 Å². The fraction of sp³-hybridized carbons (Fsp3) is 0.364. The third kappa shape index (κ3) is 3.44. The number of carbonyl (C=O) groups excluding carboxylic acids is 1. The van der Waals surface area contributed by atoms with Gasteiger partial charge in [0.25, 0.3) is 11.5 Å². The van der Waals surface area contributed by atoms with Gasteiger partial charge >= 0.3 is 0 Å². The third-order valence-corrected chi connectivity index (χ3v) is 6.58. The normalized spacial score (nSPS) is 14.7. The quantitative estimate of drug-likeness (QED) is 0.707. The number of aromatic amines is 1. The maximum absolute atomic E-state index is 13.1. The van der Waals surface area contributed by atoms with Gasteiger partial charge in [-0.05, 0) is 60.7 Å². The lowest BCUT2D eigenvalue weighted by molar-refractivity contribution is 0.0669. The van der Waals surface area contributed by atoms with Crippen LogP contribution in [0.4, 0.5) is 0 Å². The molecule has 1 fully saturated rings. The Morgan fingerprint density at radius 3 is 2.70 bits per heavy atom. The Balaban J connectivity index is 1.72. The van der Waals surface area contributed by atoms with E-state index in [0.29, 0.717) is 12.1 Å². The summed E-state index contributed by atoms with van der Waals surface area (Å²) >= 11 is 1.46. The topological polar surface area (TPSA) is 53.2 Å². The van der Waals surface area contributed by atoms with Crippen molar-refractivity contribution < 1.29 is 4.79 Å². The minimum atomic E-state index is -0.0989. The van der Waals surface area contributed by atoms with Crippen LogP contribution in [0.15, 0.2) is 40.5 Å². The van der Waals surface area contributed by atoms with Crippen molar-refractivity contribution in [2.75, 3.05) is 0 Å². The van der Waals surface area contributed by atoms with Crippen molar-refractivity contribution in [3.8, 4) is 0 Å². The summed E-state index contributed by atoms with van der Waals surface area (Å²) in [5, 5.41) is 2.94. The van der Waals surface area contributed by atoms with E-state index in [0.717, 1.165) is 52.6 Å². The van der Waals surface area contributed by atoms with Crippen LogP contribution in [-0.4, -0.2) is 21.8 Å². The monoisotopic (exact) mass is 380 g/mol. The zero-order valence-corrected chi connectivity index (χ0v) is 16.6. The molecule has 0 atom stereocenters. The number of hydrogen-bond acceptors (Lipinski definition) is 3. The molecule has 0 bridgehead atoms. The zero-order valence-electron chi connectivity index (χ0n) is 15.7. The molecule has 2 heterocycles. The molecule has 2 aromatic heterocycles. The van der Waals surface area contributed by atoms with Crippen LogP contribution in [0.5, 0.6) is 0 Å². The van der Waals surface area contributed by atoms with Crippen LogP contribution in [0.25, 0.3) is 10.9 Å². The molecule has 3 aromatic rings. The fourth-order valence-electron chi connectivity index (χ4n) is 4.00. The van der Waals surface area contributed by atoms with E-state index in [1.54, 1.807) is 0 Å². The second-order valence-electron chi connectivity index (χ2n) is 7.44. The van der Waals surface area contributed by atoms with Crippen LogP contribution in [-0.2, 0) is 6.54 Å². The van der Waals surface area contributed by atoms with E-state index in [-0.39, 0.29) is 17.5 Å². The number of thiophene rings is 1. The molecule has 0 spiro atoms. The summed E-state index contributed by atoms with van der Waals surface area (Å²) in [5.41, 5.74) is 3.70. The molecule has 0 radical (unpaired) electrons.